The summed E-state index contributed by atoms with van der Waals surface area (Å²) < 4.78 is 5.36. The molecule has 22 heavy (non-hydrogen) atoms. The van der Waals surface area contributed by atoms with Gasteiger partial charge >= 0.3 is 6.09 Å². The molecule has 6 nitrogen and oxygen atoms in total. The van der Waals surface area contributed by atoms with Crippen molar-refractivity contribution < 1.29 is 9.53 Å². The Kier molecular flexibility index (Phi) is 7.48. The van der Waals surface area contributed by atoms with Crippen molar-refractivity contribution in [3.05, 3.63) is 0 Å². The molecule has 0 aromatic rings. The molecule has 6 heteroatoms. The number of nitrogens with zero attached hydrogens (tertiary/aromatic N) is 2. The van der Waals surface area contributed by atoms with E-state index in [4.69, 9.17) is 10.5 Å². The van der Waals surface area contributed by atoms with Gasteiger partial charge in [-0.1, -0.05) is 19.3 Å². The summed E-state index contributed by atoms with van der Waals surface area (Å²) in [6.45, 7) is 9.11. The first-order valence-electron chi connectivity index (χ1n) is 8.36. The molecule has 0 atom stereocenters. The van der Waals surface area contributed by atoms with E-state index in [2.05, 4.69) is 10.3 Å². The standard InChI is InChI=1S/C16H32N4O2/c1-5-20(15(21)22-16(2,3)4)12-11-18-14(17)19-13-9-7-6-8-10-13/h13H,5-12H2,1-4H3,(H3,17,18,19). The zero-order chi connectivity index (χ0) is 16.6. The fraction of sp³-hybridized carbons (Fsp3) is 0.875. The Morgan fingerprint density at radius 1 is 1.32 bits per heavy atom. The van der Waals surface area contributed by atoms with Crippen molar-refractivity contribution in [2.45, 2.75) is 71.4 Å². The van der Waals surface area contributed by atoms with Crippen LogP contribution in [0.25, 0.3) is 0 Å². The van der Waals surface area contributed by atoms with Crippen LogP contribution in [0.2, 0.25) is 0 Å². The van der Waals surface area contributed by atoms with Gasteiger partial charge in [-0.15, -0.1) is 0 Å². The van der Waals surface area contributed by atoms with Gasteiger partial charge in [0.25, 0.3) is 0 Å². The number of guanidine groups is 1. The van der Waals surface area contributed by atoms with Crippen molar-refractivity contribution >= 4 is 12.1 Å². The van der Waals surface area contributed by atoms with E-state index in [1.165, 1.54) is 19.3 Å². The molecule has 128 valence electrons. The third kappa shape index (κ3) is 7.52. The molecule has 0 heterocycles. The van der Waals surface area contributed by atoms with Crippen LogP contribution in [-0.4, -0.2) is 48.2 Å². The van der Waals surface area contributed by atoms with Gasteiger partial charge in [-0.25, -0.2) is 4.79 Å². The highest BCUT2D eigenvalue weighted by Crippen LogP contribution is 2.17. The van der Waals surface area contributed by atoms with Gasteiger partial charge in [0.15, 0.2) is 5.96 Å². The highest BCUT2D eigenvalue weighted by atomic mass is 16.6. The number of hydrogen-bond donors (Lipinski definition) is 2. The van der Waals surface area contributed by atoms with E-state index >= 15 is 0 Å². The quantitative estimate of drug-likeness (QED) is 0.604. The predicted molar refractivity (Wildman–Crippen MR) is 90.0 cm³/mol. The maximum absolute atomic E-state index is 12.0. The third-order valence-electron chi connectivity index (χ3n) is 3.64. The lowest BCUT2D eigenvalue weighted by molar-refractivity contribution is 0.0266. The Hall–Kier alpha value is -1.46. The van der Waals surface area contributed by atoms with Crippen LogP contribution in [0.15, 0.2) is 4.99 Å². The monoisotopic (exact) mass is 312 g/mol. The molecular weight excluding hydrogens is 280 g/mol. The first-order chi connectivity index (χ1) is 10.3. The van der Waals surface area contributed by atoms with Crippen LogP contribution in [0.4, 0.5) is 4.79 Å². The van der Waals surface area contributed by atoms with Gasteiger partial charge in [0.05, 0.1) is 6.54 Å². The van der Waals surface area contributed by atoms with E-state index in [1.807, 2.05) is 27.7 Å². The average Bonchev–Trinajstić information content (AvgIpc) is 2.42. The Balaban J connectivity index is 2.35. The fourth-order valence-electron chi connectivity index (χ4n) is 2.50. The first-order valence-corrected chi connectivity index (χ1v) is 8.36. The highest BCUT2D eigenvalue weighted by Gasteiger charge is 2.20. The summed E-state index contributed by atoms with van der Waals surface area (Å²) in [6.07, 6.45) is 5.85. The van der Waals surface area contributed by atoms with Crippen molar-refractivity contribution in [2.75, 3.05) is 19.6 Å². The lowest BCUT2D eigenvalue weighted by atomic mass is 9.96. The van der Waals surface area contributed by atoms with E-state index in [9.17, 15) is 4.79 Å². The molecule has 1 fully saturated rings. The van der Waals surface area contributed by atoms with Crippen LogP contribution in [0, 0.1) is 0 Å². The van der Waals surface area contributed by atoms with E-state index in [0.717, 1.165) is 12.8 Å². The molecule has 0 spiro atoms. The molecule has 0 unspecified atom stereocenters. The smallest absolute Gasteiger partial charge is 0.410 e. The van der Waals surface area contributed by atoms with E-state index in [1.54, 1.807) is 4.90 Å². The SMILES string of the molecule is CCN(CCN=C(N)NC1CCCCC1)C(=O)OC(C)(C)C. The molecule has 0 aromatic carbocycles. The molecule has 0 bridgehead atoms. The van der Waals surface area contributed by atoms with Gasteiger partial charge in [-0.05, 0) is 40.5 Å². The number of rotatable bonds is 5. The predicted octanol–water partition coefficient (Wildman–Crippen LogP) is 2.48. The summed E-state index contributed by atoms with van der Waals surface area (Å²) in [4.78, 5) is 18.0. The number of hydrogen-bond acceptors (Lipinski definition) is 3. The lowest BCUT2D eigenvalue weighted by Gasteiger charge is -2.26. The number of aliphatic imine (C=N–C) groups is 1. The van der Waals surface area contributed by atoms with E-state index < -0.39 is 5.60 Å². The molecule has 1 rings (SSSR count). The molecule has 1 saturated carbocycles. The van der Waals surface area contributed by atoms with Gasteiger partial charge in [-0.2, -0.15) is 0 Å². The topological polar surface area (TPSA) is 80.0 Å². The molecule has 0 radical (unpaired) electrons. The summed E-state index contributed by atoms with van der Waals surface area (Å²) in [7, 11) is 0. The largest absolute Gasteiger partial charge is 0.444 e. The van der Waals surface area contributed by atoms with Gasteiger partial charge in [0, 0.05) is 19.1 Å². The van der Waals surface area contributed by atoms with Crippen LogP contribution >= 0.6 is 0 Å². The molecule has 1 aliphatic carbocycles. The average molecular weight is 312 g/mol. The Morgan fingerprint density at radius 2 is 1.95 bits per heavy atom. The van der Waals surface area contributed by atoms with Gasteiger partial charge in [0.1, 0.15) is 5.60 Å². The van der Waals surface area contributed by atoms with Crippen LogP contribution < -0.4 is 11.1 Å². The van der Waals surface area contributed by atoms with Crippen molar-refractivity contribution in [1.82, 2.24) is 10.2 Å². The van der Waals surface area contributed by atoms with Crippen molar-refractivity contribution in [3.8, 4) is 0 Å². The van der Waals surface area contributed by atoms with Crippen LogP contribution in [-0.2, 0) is 4.74 Å². The zero-order valence-electron chi connectivity index (χ0n) is 14.5. The van der Waals surface area contributed by atoms with E-state index in [0.29, 0.717) is 31.6 Å². The van der Waals surface area contributed by atoms with Crippen molar-refractivity contribution in [2.24, 2.45) is 10.7 Å². The number of nitrogens with one attached hydrogen (secondary N) is 1. The molecule has 1 aliphatic rings. The minimum absolute atomic E-state index is 0.302. The summed E-state index contributed by atoms with van der Waals surface area (Å²) in [5.41, 5.74) is 5.44. The van der Waals surface area contributed by atoms with Crippen molar-refractivity contribution in [3.63, 3.8) is 0 Å². The second-order valence-corrected chi connectivity index (χ2v) is 6.81. The van der Waals surface area contributed by atoms with Crippen LogP contribution in [0.1, 0.15) is 59.8 Å². The van der Waals surface area contributed by atoms with Crippen molar-refractivity contribution in [1.29, 1.82) is 0 Å². The maximum atomic E-state index is 12.0. The number of carbonyl (C=O) groups is 1. The summed E-state index contributed by atoms with van der Waals surface area (Å²) >= 11 is 0. The number of likely N-dealkylation sites (N-methyl/N-ethyl adjacent to an activating group) is 1. The Bertz CT molecular complexity index is 371. The molecule has 3 N–H and O–H groups in total. The fourth-order valence-corrected chi connectivity index (χ4v) is 2.50. The van der Waals surface area contributed by atoms with Gasteiger partial charge in [-0.3, -0.25) is 4.99 Å². The summed E-state index contributed by atoms with van der Waals surface area (Å²) in [6, 6.07) is 0.450. The Morgan fingerprint density at radius 3 is 2.50 bits per heavy atom. The molecule has 0 saturated heterocycles. The normalized spacial score (nSPS) is 17.2. The number of ether oxygens (including phenoxy) is 1. The number of amides is 1. The second-order valence-electron chi connectivity index (χ2n) is 6.81. The zero-order valence-corrected chi connectivity index (χ0v) is 14.5. The minimum atomic E-state index is -0.477. The Labute approximate surface area is 134 Å². The lowest BCUT2D eigenvalue weighted by Crippen LogP contribution is -2.42. The van der Waals surface area contributed by atoms with Gasteiger partial charge in [0.2, 0.25) is 0 Å². The second kappa shape index (κ2) is 8.86. The van der Waals surface area contributed by atoms with Crippen LogP contribution in [0.5, 0.6) is 0 Å². The molecule has 0 aromatic heterocycles. The highest BCUT2D eigenvalue weighted by molar-refractivity contribution is 5.78. The molecule has 0 aliphatic heterocycles. The number of nitrogens with two attached hydrogens (primary N) is 1. The third-order valence-corrected chi connectivity index (χ3v) is 3.64. The summed E-state index contributed by atoms with van der Waals surface area (Å²) in [5.74, 6) is 0.479. The first kappa shape index (κ1) is 18.6. The minimum Gasteiger partial charge on any atom is -0.444 e. The number of carbonyl (C=O) groups excluding carboxylic acids is 1. The molecular formula is C16H32N4O2. The summed E-state index contributed by atoms with van der Waals surface area (Å²) in [5, 5.41) is 3.27. The molecule has 1 amide bonds. The van der Waals surface area contributed by atoms with E-state index in [-0.39, 0.29) is 6.09 Å². The van der Waals surface area contributed by atoms with Crippen LogP contribution in [0.3, 0.4) is 0 Å². The maximum Gasteiger partial charge on any atom is 0.410 e. The van der Waals surface area contributed by atoms with Gasteiger partial charge < -0.3 is 20.7 Å².